The summed E-state index contributed by atoms with van der Waals surface area (Å²) in [6.45, 7) is 7.02. The first-order valence-corrected chi connectivity index (χ1v) is 10.6. The first-order chi connectivity index (χ1) is 13.4. The summed E-state index contributed by atoms with van der Waals surface area (Å²) in [5.74, 6) is -3.17. The molecular formula is C22H30O7. The molecule has 4 bridgehead atoms. The van der Waals surface area contributed by atoms with Crippen LogP contribution in [-0.2, 0) is 19.1 Å². The van der Waals surface area contributed by atoms with Gasteiger partial charge in [-0.25, -0.2) is 4.79 Å². The van der Waals surface area contributed by atoms with E-state index < -0.39 is 51.7 Å². The Labute approximate surface area is 170 Å². The van der Waals surface area contributed by atoms with E-state index in [1.807, 2.05) is 6.92 Å². The molecule has 0 aromatic heterocycles. The monoisotopic (exact) mass is 406 g/mol. The lowest BCUT2D eigenvalue weighted by Gasteiger charge is -2.70. The number of aliphatic hydroxyl groups excluding tert-OH is 2. The molecule has 8 unspecified atom stereocenters. The molecule has 0 amide bonds. The maximum Gasteiger partial charge on any atom is 0.336 e. The predicted molar refractivity (Wildman–Crippen MR) is 100 cm³/mol. The molecule has 29 heavy (non-hydrogen) atoms. The second-order valence-corrected chi connectivity index (χ2v) is 10.4. The van der Waals surface area contributed by atoms with E-state index in [9.17, 15) is 24.9 Å². The predicted octanol–water partition coefficient (Wildman–Crippen LogP) is 1.23. The third-order valence-electron chi connectivity index (χ3n) is 9.80. The Morgan fingerprint density at radius 3 is 2.55 bits per heavy atom. The Balaban J connectivity index is 1.70. The van der Waals surface area contributed by atoms with Crippen LogP contribution >= 0.6 is 0 Å². The van der Waals surface area contributed by atoms with Gasteiger partial charge in [0.25, 0.3) is 5.79 Å². The summed E-state index contributed by atoms with van der Waals surface area (Å²) in [6.07, 6.45) is -0.00932. The van der Waals surface area contributed by atoms with E-state index in [1.165, 1.54) is 0 Å². The van der Waals surface area contributed by atoms with Crippen LogP contribution < -0.4 is 0 Å². The zero-order valence-electron chi connectivity index (χ0n) is 17.4. The number of ketones is 1. The molecule has 1 saturated heterocycles. The smallest absolute Gasteiger partial charge is 0.336 e. The van der Waals surface area contributed by atoms with Crippen molar-refractivity contribution in [3.8, 4) is 0 Å². The van der Waals surface area contributed by atoms with Gasteiger partial charge >= 0.3 is 5.97 Å². The van der Waals surface area contributed by atoms with Crippen LogP contribution in [0.4, 0.5) is 0 Å². The lowest BCUT2D eigenvalue weighted by atomic mass is 9.35. The molecule has 5 fully saturated rings. The lowest BCUT2D eigenvalue weighted by molar-refractivity contribution is -0.369. The summed E-state index contributed by atoms with van der Waals surface area (Å²) >= 11 is 0. The fourth-order valence-electron chi connectivity index (χ4n) is 7.66. The van der Waals surface area contributed by atoms with Crippen molar-refractivity contribution in [3.05, 3.63) is 11.1 Å². The summed E-state index contributed by atoms with van der Waals surface area (Å²) < 4.78 is 12.0. The lowest BCUT2D eigenvalue weighted by Crippen LogP contribution is -2.84. The molecule has 160 valence electrons. The van der Waals surface area contributed by atoms with Crippen molar-refractivity contribution in [1.29, 1.82) is 0 Å². The first-order valence-electron chi connectivity index (χ1n) is 10.6. The Bertz CT molecular complexity index is 865. The van der Waals surface area contributed by atoms with Crippen LogP contribution in [0.2, 0.25) is 0 Å². The van der Waals surface area contributed by atoms with Crippen molar-refractivity contribution in [2.24, 2.45) is 22.2 Å². The fourth-order valence-corrected chi connectivity index (χ4v) is 7.66. The van der Waals surface area contributed by atoms with Gasteiger partial charge in [-0.2, -0.15) is 0 Å². The Hall–Kier alpha value is -1.28. The number of Topliss-reactive ketones (excluding diaryl/α,β-unsaturated/α-hetero) is 1. The number of hydrogen-bond acceptors (Lipinski definition) is 7. The van der Waals surface area contributed by atoms with Crippen LogP contribution in [-0.4, -0.2) is 57.3 Å². The molecule has 3 N–H and O–H groups in total. The average molecular weight is 406 g/mol. The van der Waals surface area contributed by atoms with Gasteiger partial charge in [-0.3, -0.25) is 4.79 Å². The quantitative estimate of drug-likeness (QED) is 0.591. The normalized spacial score (nSPS) is 55.6. The number of carbonyl (C=O) groups excluding carboxylic acids is 2. The first kappa shape index (κ1) is 19.7. The van der Waals surface area contributed by atoms with Crippen LogP contribution in [0.1, 0.15) is 59.8 Å². The Morgan fingerprint density at radius 2 is 1.93 bits per heavy atom. The fraction of sp³-hybridized carbons (Fsp3) is 0.818. The Morgan fingerprint density at radius 1 is 1.24 bits per heavy atom. The zero-order chi connectivity index (χ0) is 21.2. The van der Waals surface area contributed by atoms with Crippen LogP contribution in [0.25, 0.3) is 0 Å². The van der Waals surface area contributed by atoms with Gasteiger partial charge in [0, 0.05) is 29.2 Å². The summed E-state index contributed by atoms with van der Waals surface area (Å²) in [7, 11) is 0. The molecule has 0 aromatic carbocycles. The van der Waals surface area contributed by atoms with Gasteiger partial charge < -0.3 is 24.8 Å². The number of rotatable bonds is 2. The molecule has 7 heteroatoms. The van der Waals surface area contributed by atoms with Gasteiger partial charge in [0.05, 0.1) is 18.3 Å². The van der Waals surface area contributed by atoms with Crippen molar-refractivity contribution in [3.63, 3.8) is 0 Å². The summed E-state index contributed by atoms with van der Waals surface area (Å²) in [5, 5.41) is 34.3. The number of aliphatic hydroxyl groups is 3. The molecule has 0 aromatic rings. The second-order valence-electron chi connectivity index (χ2n) is 10.4. The third-order valence-corrected chi connectivity index (χ3v) is 9.80. The molecule has 1 spiro atoms. The SMILES string of the molecule is CC1=C(C(=O)OC23OCC4(C)C5(O)CC(O)C(C)C5(CC(=O)C24C)C3O)CCC1. The number of ether oxygens (including phenoxy) is 2. The molecule has 6 aliphatic rings. The maximum atomic E-state index is 13.5. The van der Waals surface area contributed by atoms with Gasteiger partial charge in [-0.15, -0.1) is 0 Å². The zero-order valence-corrected chi connectivity index (χ0v) is 17.4. The van der Waals surface area contributed by atoms with Gasteiger partial charge in [0.2, 0.25) is 0 Å². The topological polar surface area (TPSA) is 113 Å². The molecule has 5 aliphatic carbocycles. The average Bonchev–Trinajstić information content (AvgIpc) is 3.24. The van der Waals surface area contributed by atoms with E-state index in [1.54, 1.807) is 20.8 Å². The number of esters is 1. The number of fused-ring (bicyclic) bond motifs is 1. The highest BCUT2D eigenvalue weighted by atomic mass is 16.7. The standard InChI is InChI=1S/C22H30O7/c1-11-6-5-7-13(11)16(25)29-22-17(26)20-9-15(24)19(22,4)18(3,10-28-22)21(20,27)8-14(23)12(20)2/h12,14,17,23,26-27H,5-10H2,1-4H3. The maximum absolute atomic E-state index is 13.5. The summed E-state index contributed by atoms with van der Waals surface area (Å²) in [5.41, 5.74) is -3.81. The van der Waals surface area contributed by atoms with Crippen LogP contribution in [0.15, 0.2) is 11.1 Å². The highest BCUT2D eigenvalue weighted by Gasteiger charge is 2.93. The van der Waals surface area contributed by atoms with E-state index in [4.69, 9.17) is 9.47 Å². The largest absolute Gasteiger partial charge is 0.426 e. The molecule has 8 atom stereocenters. The van der Waals surface area contributed by atoms with E-state index in [2.05, 4.69) is 0 Å². The van der Waals surface area contributed by atoms with E-state index in [0.717, 1.165) is 18.4 Å². The minimum absolute atomic E-state index is 0.0324. The molecule has 4 saturated carbocycles. The minimum atomic E-state index is -1.87. The van der Waals surface area contributed by atoms with E-state index in [-0.39, 0.29) is 25.2 Å². The van der Waals surface area contributed by atoms with Crippen molar-refractivity contribution in [2.75, 3.05) is 6.61 Å². The Kier molecular flexibility index (Phi) is 3.60. The van der Waals surface area contributed by atoms with Gasteiger partial charge in [-0.1, -0.05) is 19.4 Å². The van der Waals surface area contributed by atoms with Crippen molar-refractivity contribution >= 4 is 11.8 Å². The van der Waals surface area contributed by atoms with Crippen molar-refractivity contribution < 1.29 is 34.4 Å². The second kappa shape index (κ2) is 5.31. The molecule has 0 radical (unpaired) electrons. The third kappa shape index (κ3) is 1.68. The minimum Gasteiger partial charge on any atom is -0.426 e. The number of allylic oxidation sites excluding steroid dienone is 1. The van der Waals surface area contributed by atoms with Gasteiger partial charge in [0.1, 0.15) is 17.3 Å². The van der Waals surface area contributed by atoms with Crippen LogP contribution in [0, 0.1) is 22.2 Å². The summed E-state index contributed by atoms with van der Waals surface area (Å²) in [6, 6.07) is 0. The highest BCUT2D eigenvalue weighted by molar-refractivity contribution is 5.94. The highest BCUT2D eigenvalue weighted by Crippen LogP contribution is 2.80. The van der Waals surface area contributed by atoms with Crippen molar-refractivity contribution in [2.45, 2.75) is 83.4 Å². The molecular weight excluding hydrogens is 376 g/mol. The molecule has 7 nitrogen and oxygen atoms in total. The molecule has 1 aliphatic heterocycles. The number of carbonyl (C=O) groups is 2. The van der Waals surface area contributed by atoms with Crippen LogP contribution in [0.5, 0.6) is 0 Å². The molecule has 6 rings (SSSR count). The molecule has 1 heterocycles. The van der Waals surface area contributed by atoms with Crippen molar-refractivity contribution in [1.82, 2.24) is 0 Å². The summed E-state index contributed by atoms with van der Waals surface area (Å²) in [4.78, 5) is 26.6. The van der Waals surface area contributed by atoms with E-state index in [0.29, 0.717) is 12.0 Å². The van der Waals surface area contributed by atoms with E-state index >= 15 is 0 Å². The number of hydrogen-bond donors (Lipinski definition) is 3. The van der Waals surface area contributed by atoms with Gasteiger partial charge in [-0.05, 0) is 39.0 Å². The van der Waals surface area contributed by atoms with Crippen LogP contribution in [0.3, 0.4) is 0 Å². The van der Waals surface area contributed by atoms with Gasteiger partial charge in [0.15, 0.2) is 0 Å².